The van der Waals surface area contributed by atoms with Gasteiger partial charge in [-0.3, -0.25) is 37.3 Å². The molecular formula is C75H146O17P2. The molecule has 0 bridgehead atoms. The van der Waals surface area contributed by atoms with Gasteiger partial charge < -0.3 is 33.8 Å². The van der Waals surface area contributed by atoms with Gasteiger partial charge in [0.25, 0.3) is 0 Å². The van der Waals surface area contributed by atoms with E-state index in [0.717, 1.165) is 120 Å². The van der Waals surface area contributed by atoms with Gasteiger partial charge in [0.15, 0.2) is 12.2 Å². The highest BCUT2D eigenvalue weighted by molar-refractivity contribution is 7.47. The zero-order chi connectivity index (χ0) is 69.6. The number of carbonyl (C=O) groups is 4. The lowest BCUT2D eigenvalue weighted by atomic mass is 10.00. The number of ether oxygens (including phenoxy) is 4. The summed E-state index contributed by atoms with van der Waals surface area (Å²) >= 11 is 0. The second-order valence-electron chi connectivity index (χ2n) is 28.7. The fraction of sp³-hybridized carbons (Fsp3) is 0.947. The van der Waals surface area contributed by atoms with E-state index in [0.29, 0.717) is 31.6 Å². The Labute approximate surface area is 575 Å². The molecule has 0 saturated carbocycles. The summed E-state index contributed by atoms with van der Waals surface area (Å²) in [6.45, 7) is 14.1. The van der Waals surface area contributed by atoms with Crippen LogP contribution in [0.5, 0.6) is 0 Å². The molecule has 558 valence electrons. The van der Waals surface area contributed by atoms with Crippen molar-refractivity contribution in [2.75, 3.05) is 39.6 Å². The number of phosphoric ester groups is 2. The molecule has 0 aliphatic carbocycles. The summed E-state index contributed by atoms with van der Waals surface area (Å²) in [6.07, 6.45) is 48.8. The number of hydrogen-bond donors (Lipinski definition) is 3. The maximum Gasteiger partial charge on any atom is 0.472 e. The summed E-state index contributed by atoms with van der Waals surface area (Å²) in [5, 5.41) is 10.6. The first-order valence-corrected chi connectivity index (χ1v) is 41.7. The highest BCUT2D eigenvalue weighted by Crippen LogP contribution is 2.45. The van der Waals surface area contributed by atoms with E-state index < -0.39 is 97.5 Å². The molecule has 3 N–H and O–H groups in total. The van der Waals surface area contributed by atoms with Crippen LogP contribution >= 0.6 is 15.6 Å². The molecule has 0 aliphatic heterocycles. The number of phosphoric acid groups is 2. The van der Waals surface area contributed by atoms with Gasteiger partial charge in [-0.15, -0.1) is 0 Å². The van der Waals surface area contributed by atoms with Gasteiger partial charge >= 0.3 is 39.5 Å². The zero-order valence-electron chi connectivity index (χ0n) is 61.6. The molecule has 0 saturated heterocycles. The van der Waals surface area contributed by atoms with Crippen LogP contribution in [0.2, 0.25) is 0 Å². The van der Waals surface area contributed by atoms with E-state index in [-0.39, 0.29) is 25.7 Å². The zero-order valence-corrected chi connectivity index (χ0v) is 63.4. The van der Waals surface area contributed by atoms with Crippen molar-refractivity contribution in [3.63, 3.8) is 0 Å². The van der Waals surface area contributed by atoms with Gasteiger partial charge in [-0.1, -0.05) is 325 Å². The van der Waals surface area contributed by atoms with Crippen LogP contribution in [0.25, 0.3) is 0 Å². The average molecular weight is 1380 g/mol. The summed E-state index contributed by atoms with van der Waals surface area (Å²) in [5.74, 6) is 0.883. The third-order valence-corrected chi connectivity index (χ3v) is 19.6. The number of rotatable bonds is 72. The lowest BCUT2D eigenvalue weighted by Crippen LogP contribution is -2.30. The lowest BCUT2D eigenvalue weighted by molar-refractivity contribution is -0.161. The molecule has 0 rings (SSSR count). The summed E-state index contributed by atoms with van der Waals surface area (Å²) in [7, 11) is -9.91. The molecule has 0 spiro atoms. The molecule has 0 fully saturated rings. The summed E-state index contributed by atoms with van der Waals surface area (Å²) in [4.78, 5) is 72.7. The molecule has 0 amide bonds. The number of aliphatic hydroxyl groups is 1. The fourth-order valence-electron chi connectivity index (χ4n) is 11.3. The Morgan fingerprint density at radius 2 is 0.511 bits per heavy atom. The van der Waals surface area contributed by atoms with Crippen LogP contribution in [-0.2, 0) is 65.4 Å². The van der Waals surface area contributed by atoms with E-state index in [4.69, 9.17) is 37.0 Å². The average Bonchev–Trinajstić information content (AvgIpc) is 2.40. The topological polar surface area (TPSA) is 237 Å². The van der Waals surface area contributed by atoms with Crippen molar-refractivity contribution in [3.8, 4) is 0 Å². The van der Waals surface area contributed by atoms with Gasteiger partial charge in [-0.25, -0.2) is 9.13 Å². The van der Waals surface area contributed by atoms with E-state index in [2.05, 4.69) is 55.4 Å². The molecule has 19 heteroatoms. The molecule has 0 aromatic heterocycles. The van der Waals surface area contributed by atoms with E-state index in [9.17, 15) is 43.2 Å². The minimum Gasteiger partial charge on any atom is -0.462 e. The maximum absolute atomic E-state index is 13.1. The molecule has 94 heavy (non-hydrogen) atoms. The molecule has 0 aromatic carbocycles. The first-order valence-electron chi connectivity index (χ1n) is 38.7. The molecule has 0 aromatic rings. The normalized spacial score (nSPS) is 14.4. The summed E-state index contributed by atoms with van der Waals surface area (Å²) < 4.78 is 68.4. The lowest BCUT2D eigenvalue weighted by Gasteiger charge is -2.21. The van der Waals surface area contributed by atoms with Crippen molar-refractivity contribution >= 4 is 39.5 Å². The first-order chi connectivity index (χ1) is 45.1. The SMILES string of the molecule is CCC(C)CCCCCCCCC(=O)OC[C@H](COP(=O)(O)OCC(O)COP(=O)(O)OC[C@@H](COC(=O)CCCCCCCCCC(C)C)OC(=O)CCCCCCCCCCCCCCCCCCCCC(C)C)OC(=O)CCCCCCCCCCCCC(C)C. The maximum atomic E-state index is 13.1. The summed E-state index contributed by atoms with van der Waals surface area (Å²) in [5.41, 5.74) is 0. The Morgan fingerprint density at radius 3 is 0.755 bits per heavy atom. The van der Waals surface area contributed by atoms with E-state index in [1.165, 1.54) is 167 Å². The third kappa shape index (κ3) is 67.3. The van der Waals surface area contributed by atoms with Crippen molar-refractivity contribution in [1.82, 2.24) is 0 Å². The Kier molecular flexibility index (Phi) is 63.1. The van der Waals surface area contributed by atoms with Crippen LogP contribution in [0.3, 0.4) is 0 Å². The molecule has 4 unspecified atom stereocenters. The smallest absolute Gasteiger partial charge is 0.462 e. The largest absolute Gasteiger partial charge is 0.472 e. The van der Waals surface area contributed by atoms with Gasteiger partial charge in [0, 0.05) is 25.7 Å². The van der Waals surface area contributed by atoms with Crippen molar-refractivity contribution in [3.05, 3.63) is 0 Å². The van der Waals surface area contributed by atoms with E-state index >= 15 is 0 Å². The quantitative estimate of drug-likeness (QED) is 0.0222. The van der Waals surface area contributed by atoms with Crippen LogP contribution in [0.4, 0.5) is 0 Å². The number of unbranched alkanes of at least 4 members (excludes halogenated alkanes) is 37. The van der Waals surface area contributed by atoms with Gasteiger partial charge in [-0.2, -0.15) is 0 Å². The van der Waals surface area contributed by atoms with Crippen LogP contribution in [0.15, 0.2) is 0 Å². The van der Waals surface area contributed by atoms with Crippen LogP contribution < -0.4 is 0 Å². The van der Waals surface area contributed by atoms with Crippen molar-refractivity contribution in [2.45, 2.75) is 395 Å². The van der Waals surface area contributed by atoms with Crippen molar-refractivity contribution < 1.29 is 80.2 Å². The van der Waals surface area contributed by atoms with Crippen LogP contribution in [-0.4, -0.2) is 96.7 Å². The van der Waals surface area contributed by atoms with Crippen LogP contribution in [0.1, 0.15) is 376 Å². The second kappa shape index (κ2) is 64.4. The third-order valence-electron chi connectivity index (χ3n) is 17.7. The molecule has 6 atom stereocenters. The first kappa shape index (κ1) is 92.1. The predicted molar refractivity (Wildman–Crippen MR) is 381 cm³/mol. The predicted octanol–water partition coefficient (Wildman–Crippen LogP) is 21.7. The minimum absolute atomic E-state index is 0.105. The van der Waals surface area contributed by atoms with Gasteiger partial charge in [-0.05, 0) is 49.4 Å². The molecular weight excluding hydrogens is 1230 g/mol. The number of hydrogen-bond acceptors (Lipinski definition) is 15. The van der Waals surface area contributed by atoms with Crippen molar-refractivity contribution in [1.29, 1.82) is 0 Å². The monoisotopic (exact) mass is 1380 g/mol. The second-order valence-corrected chi connectivity index (χ2v) is 31.6. The van der Waals surface area contributed by atoms with E-state index in [1.807, 2.05) is 0 Å². The Balaban J connectivity index is 5.18. The van der Waals surface area contributed by atoms with Gasteiger partial charge in [0.05, 0.1) is 26.4 Å². The Hall–Kier alpha value is -1.94. The molecule has 0 aliphatic rings. The fourth-order valence-corrected chi connectivity index (χ4v) is 12.9. The number of esters is 4. The molecule has 0 radical (unpaired) electrons. The van der Waals surface area contributed by atoms with Crippen molar-refractivity contribution in [2.24, 2.45) is 23.7 Å². The van der Waals surface area contributed by atoms with Gasteiger partial charge in [0.1, 0.15) is 19.3 Å². The molecule has 17 nitrogen and oxygen atoms in total. The Bertz CT molecular complexity index is 1850. The number of carbonyl (C=O) groups excluding carboxylic acids is 4. The van der Waals surface area contributed by atoms with Crippen LogP contribution in [0, 0.1) is 23.7 Å². The minimum atomic E-state index is -4.96. The van der Waals surface area contributed by atoms with E-state index in [1.54, 1.807) is 0 Å². The standard InChI is InChI=1S/C75H146O17P2/c1-9-68(8)54-46-38-33-34-40-48-56-73(78)86-62-71(92-75(80)58-50-42-31-25-21-20-23-28-36-44-52-66(4)5)64-90-94(83,84)88-60-69(76)59-87-93(81,82)89-63-70(61-85-72(77)55-47-39-32-26-29-37-45-53-67(6)7)91-74(79)57-49-41-30-24-19-17-15-13-11-10-12-14-16-18-22-27-35-43-51-65(2)3/h65-71,76H,9-64H2,1-8H3,(H,81,82)(H,83,84)/t68?,69?,70-,71-/m1/s1. The van der Waals surface area contributed by atoms with Gasteiger partial charge in [0.2, 0.25) is 0 Å². The highest BCUT2D eigenvalue weighted by Gasteiger charge is 2.30. The molecule has 0 heterocycles. The Morgan fingerprint density at radius 1 is 0.298 bits per heavy atom. The highest BCUT2D eigenvalue weighted by atomic mass is 31.2. The number of aliphatic hydroxyl groups excluding tert-OH is 1. The summed E-state index contributed by atoms with van der Waals surface area (Å²) in [6, 6.07) is 0.